The Hall–Kier alpha value is -1.66. The lowest BCUT2D eigenvalue weighted by Gasteiger charge is -1.99. The Bertz CT molecular complexity index is 812. The standard InChI is InChI=1S/C13H8BrNO3S/c1-18-13(17)12-10(16)8-5-15-9-3-2-6(14)4-7(9)11(8)19-12/h2-5,16H,1H3. The molecule has 0 aliphatic heterocycles. The molecule has 0 unspecified atom stereocenters. The van der Waals surface area contributed by atoms with Gasteiger partial charge in [-0.25, -0.2) is 4.79 Å². The minimum Gasteiger partial charge on any atom is -0.505 e. The lowest BCUT2D eigenvalue weighted by molar-refractivity contribution is 0.0603. The number of fused-ring (bicyclic) bond motifs is 3. The molecule has 0 aliphatic carbocycles. The van der Waals surface area contributed by atoms with E-state index in [0.717, 1.165) is 20.1 Å². The van der Waals surface area contributed by atoms with E-state index in [9.17, 15) is 9.90 Å². The molecule has 1 aromatic carbocycles. The molecule has 0 fully saturated rings. The zero-order valence-electron chi connectivity index (χ0n) is 9.81. The van der Waals surface area contributed by atoms with Crippen molar-refractivity contribution in [3.05, 3.63) is 33.7 Å². The first-order chi connectivity index (χ1) is 9.11. The molecule has 3 aromatic rings. The van der Waals surface area contributed by atoms with Gasteiger partial charge in [0.15, 0.2) is 4.88 Å². The molecule has 0 radical (unpaired) electrons. The van der Waals surface area contributed by atoms with Crippen LogP contribution >= 0.6 is 27.3 Å². The minimum absolute atomic E-state index is 0.0683. The number of aromatic hydroxyl groups is 1. The third-order valence-corrected chi connectivity index (χ3v) is 4.53. The molecule has 19 heavy (non-hydrogen) atoms. The summed E-state index contributed by atoms with van der Waals surface area (Å²) in [4.78, 5) is 16.1. The predicted octanol–water partition coefficient (Wildman–Crippen LogP) is 3.70. The van der Waals surface area contributed by atoms with Gasteiger partial charge in [0.2, 0.25) is 0 Å². The van der Waals surface area contributed by atoms with E-state index in [0.29, 0.717) is 5.39 Å². The number of methoxy groups -OCH3 is 1. The van der Waals surface area contributed by atoms with Crippen LogP contribution in [0.15, 0.2) is 28.9 Å². The fraction of sp³-hybridized carbons (Fsp3) is 0.0769. The topological polar surface area (TPSA) is 59.4 Å². The molecule has 0 amide bonds. The summed E-state index contributed by atoms with van der Waals surface area (Å²) >= 11 is 4.62. The van der Waals surface area contributed by atoms with Crippen molar-refractivity contribution >= 4 is 54.2 Å². The minimum atomic E-state index is -0.540. The number of ether oxygens (including phenoxy) is 1. The van der Waals surface area contributed by atoms with Crippen LogP contribution in [0.5, 0.6) is 5.75 Å². The fourth-order valence-corrected chi connectivity index (χ4v) is 3.39. The third kappa shape index (κ3) is 1.87. The number of thiophene rings is 1. The zero-order chi connectivity index (χ0) is 13.6. The average molecular weight is 338 g/mol. The van der Waals surface area contributed by atoms with Crippen LogP contribution in [0.4, 0.5) is 0 Å². The van der Waals surface area contributed by atoms with Gasteiger partial charge in [0.05, 0.1) is 18.0 Å². The summed E-state index contributed by atoms with van der Waals surface area (Å²) in [6.07, 6.45) is 1.57. The first-order valence-electron chi connectivity index (χ1n) is 5.40. The van der Waals surface area contributed by atoms with E-state index in [-0.39, 0.29) is 10.6 Å². The van der Waals surface area contributed by atoms with Crippen molar-refractivity contribution in [1.82, 2.24) is 4.98 Å². The van der Waals surface area contributed by atoms with Gasteiger partial charge < -0.3 is 9.84 Å². The van der Waals surface area contributed by atoms with Gasteiger partial charge in [0, 0.05) is 20.8 Å². The zero-order valence-corrected chi connectivity index (χ0v) is 12.2. The Morgan fingerprint density at radius 1 is 1.42 bits per heavy atom. The number of esters is 1. The maximum atomic E-state index is 11.6. The van der Waals surface area contributed by atoms with Crippen molar-refractivity contribution in [3.8, 4) is 5.75 Å². The van der Waals surface area contributed by atoms with E-state index in [1.54, 1.807) is 6.20 Å². The molecule has 0 saturated carbocycles. The molecule has 4 nitrogen and oxygen atoms in total. The molecular weight excluding hydrogens is 330 g/mol. The maximum Gasteiger partial charge on any atom is 0.351 e. The van der Waals surface area contributed by atoms with Gasteiger partial charge in [0.1, 0.15) is 5.75 Å². The predicted molar refractivity (Wildman–Crippen MR) is 77.8 cm³/mol. The summed E-state index contributed by atoms with van der Waals surface area (Å²) in [6, 6.07) is 5.70. The summed E-state index contributed by atoms with van der Waals surface area (Å²) in [5.41, 5.74) is 0.813. The summed E-state index contributed by atoms with van der Waals surface area (Å²) < 4.78 is 6.41. The first-order valence-corrected chi connectivity index (χ1v) is 7.01. The van der Waals surface area contributed by atoms with Crippen LogP contribution < -0.4 is 0 Å². The number of pyridine rings is 1. The number of carbonyl (C=O) groups excluding carboxylic acids is 1. The Labute approximate surface area is 120 Å². The number of nitrogens with zero attached hydrogens (tertiary/aromatic N) is 1. The summed E-state index contributed by atoms with van der Waals surface area (Å²) in [6.45, 7) is 0. The normalized spacial score (nSPS) is 11.1. The number of carbonyl (C=O) groups is 1. The molecule has 6 heteroatoms. The van der Waals surface area contributed by atoms with E-state index in [2.05, 4.69) is 25.7 Å². The van der Waals surface area contributed by atoms with Gasteiger partial charge in [-0.05, 0) is 18.2 Å². The SMILES string of the molecule is COC(=O)c1sc2c(cnc3ccc(Br)cc32)c1O. The van der Waals surface area contributed by atoms with Crippen LogP contribution in [0, 0.1) is 0 Å². The molecule has 2 heterocycles. The Morgan fingerprint density at radius 2 is 2.21 bits per heavy atom. The first kappa shape index (κ1) is 12.4. The van der Waals surface area contributed by atoms with Crippen LogP contribution in [0.3, 0.4) is 0 Å². The second-order valence-corrected chi connectivity index (χ2v) is 5.87. The molecule has 0 saturated heterocycles. The van der Waals surface area contributed by atoms with Crippen molar-refractivity contribution in [2.24, 2.45) is 0 Å². The summed E-state index contributed by atoms with van der Waals surface area (Å²) in [5.74, 6) is -0.608. The van der Waals surface area contributed by atoms with Crippen LogP contribution in [-0.4, -0.2) is 23.2 Å². The smallest absolute Gasteiger partial charge is 0.351 e. The van der Waals surface area contributed by atoms with Crippen molar-refractivity contribution < 1.29 is 14.6 Å². The highest BCUT2D eigenvalue weighted by molar-refractivity contribution is 9.10. The highest BCUT2D eigenvalue weighted by Crippen LogP contribution is 2.40. The van der Waals surface area contributed by atoms with Crippen molar-refractivity contribution in [2.45, 2.75) is 0 Å². The van der Waals surface area contributed by atoms with Crippen LogP contribution in [0.2, 0.25) is 0 Å². The summed E-state index contributed by atoms with van der Waals surface area (Å²) in [5, 5.41) is 11.5. The molecule has 0 bridgehead atoms. The van der Waals surface area contributed by atoms with Crippen molar-refractivity contribution in [3.63, 3.8) is 0 Å². The van der Waals surface area contributed by atoms with Gasteiger partial charge in [-0.3, -0.25) is 4.98 Å². The fourth-order valence-electron chi connectivity index (χ4n) is 1.92. The Kier molecular flexibility index (Phi) is 2.91. The average Bonchev–Trinajstić information content (AvgIpc) is 2.76. The number of hydrogen-bond donors (Lipinski definition) is 1. The van der Waals surface area contributed by atoms with Crippen LogP contribution in [-0.2, 0) is 4.74 Å². The van der Waals surface area contributed by atoms with Gasteiger partial charge in [-0.15, -0.1) is 11.3 Å². The quantitative estimate of drug-likeness (QED) is 0.687. The highest BCUT2D eigenvalue weighted by Gasteiger charge is 2.20. The molecule has 96 valence electrons. The largest absolute Gasteiger partial charge is 0.505 e. The highest BCUT2D eigenvalue weighted by atomic mass is 79.9. The second-order valence-electron chi connectivity index (χ2n) is 3.93. The number of benzene rings is 1. The second kappa shape index (κ2) is 4.47. The number of rotatable bonds is 1. The van der Waals surface area contributed by atoms with Crippen molar-refractivity contribution in [2.75, 3.05) is 7.11 Å². The van der Waals surface area contributed by atoms with E-state index in [1.165, 1.54) is 18.4 Å². The Morgan fingerprint density at radius 3 is 2.95 bits per heavy atom. The molecule has 2 aromatic heterocycles. The number of halogens is 1. The molecular formula is C13H8BrNO3S. The van der Waals surface area contributed by atoms with Gasteiger partial charge in [-0.2, -0.15) is 0 Å². The monoisotopic (exact) mass is 337 g/mol. The van der Waals surface area contributed by atoms with E-state index in [4.69, 9.17) is 0 Å². The summed E-state index contributed by atoms with van der Waals surface area (Å²) in [7, 11) is 1.29. The van der Waals surface area contributed by atoms with Gasteiger partial charge in [-0.1, -0.05) is 15.9 Å². The number of aromatic nitrogens is 1. The van der Waals surface area contributed by atoms with Gasteiger partial charge in [0.25, 0.3) is 0 Å². The van der Waals surface area contributed by atoms with E-state index >= 15 is 0 Å². The maximum absolute atomic E-state index is 11.6. The molecule has 0 spiro atoms. The Balaban J connectivity index is 2.42. The lowest BCUT2D eigenvalue weighted by atomic mass is 10.2. The molecule has 0 atom stereocenters. The third-order valence-electron chi connectivity index (χ3n) is 2.83. The van der Waals surface area contributed by atoms with E-state index in [1.807, 2.05) is 18.2 Å². The van der Waals surface area contributed by atoms with Gasteiger partial charge >= 0.3 is 5.97 Å². The molecule has 3 rings (SSSR count). The van der Waals surface area contributed by atoms with Crippen LogP contribution in [0.25, 0.3) is 21.0 Å². The number of hydrogen-bond acceptors (Lipinski definition) is 5. The molecule has 0 aliphatic rings. The van der Waals surface area contributed by atoms with Crippen LogP contribution in [0.1, 0.15) is 9.67 Å². The van der Waals surface area contributed by atoms with Crippen molar-refractivity contribution in [1.29, 1.82) is 0 Å². The lowest BCUT2D eigenvalue weighted by Crippen LogP contribution is -1.97. The molecule has 1 N–H and O–H groups in total. The van der Waals surface area contributed by atoms with E-state index < -0.39 is 5.97 Å².